The molecule has 2 aromatic carbocycles. The lowest BCUT2D eigenvalue weighted by Crippen LogP contribution is -2.62. The van der Waals surface area contributed by atoms with Crippen molar-refractivity contribution in [3.8, 4) is 28.1 Å². The third kappa shape index (κ3) is 9.66. The van der Waals surface area contributed by atoms with Crippen molar-refractivity contribution < 1.29 is 38.6 Å². The Morgan fingerprint density at radius 1 is 1.03 bits per heavy atom. The number of benzene rings is 2. The fraction of sp³-hybridized carbons (Fsp3) is 0.556. The number of hydrazine groups is 1. The van der Waals surface area contributed by atoms with Gasteiger partial charge in [0, 0.05) is 86.3 Å². The van der Waals surface area contributed by atoms with Gasteiger partial charge in [-0.25, -0.2) is 5.43 Å². The van der Waals surface area contributed by atoms with Crippen LogP contribution in [0.15, 0.2) is 54.7 Å². The number of aromatic nitrogens is 2. The minimum absolute atomic E-state index is 0.000609. The summed E-state index contributed by atoms with van der Waals surface area (Å²) in [6.07, 6.45) is 5.83. The molecule has 4 amide bonds. The number of carbonyl (C=O) groups is 5. The largest absolute Gasteiger partial charge is 0.508 e. The monoisotopic (exact) mass is 959 g/mol. The number of esters is 1. The summed E-state index contributed by atoms with van der Waals surface area (Å²) in [6.45, 7) is 13.8. The Hall–Kier alpha value is -5.84. The predicted octanol–water partition coefficient (Wildman–Crippen LogP) is 5.68. The Balaban J connectivity index is 1.07. The summed E-state index contributed by atoms with van der Waals surface area (Å²) in [4.78, 5) is 79.4. The van der Waals surface area contributed by atoms with E-state index in [9.17, 15) is 29.1 Å². The first-order chi connectivity index (χ1) is 33.5. The zero-order valence-corrected chi connectivity index (χ0v) is 41.9. The van der Waals surface area contributed by atoms with Crippen LogP contribution in [-0.2, 0) is 52.8 Å². The van der Waals surface area contributed by atoms with Crippen LogP contribution in [0.25, 0.3) is 33.3 Å². The summed E-state index contributed by atoms with van der Waals surface area (Å²) in [7, 11) is 3.34. The van der Waals surface area contributed by atoms with E-state index in [1.54, 1.807) is 32.5 Å². The molecule has 4 aromatic rings. The number of hydrogen-bond acceptors (Lipinski definition) is 11. The van der Waals surface area contributed by atoms with Gasteiger partial charge < -0.3 is 39.6 Å². The van der Waals surface area contributed by atoms with Gasteiger partial charge in [0.2, 0.25) is 17.7 Å². The molecule has 5 aliphatic heterocycles. The lowest BCUT2D eigenvalue weighted by atomic mass is 9.84. The molecule has 4 saturated heterocycles. The zero-order chi connectivity index (χ0) is 49.8. The quantitative estimate of drug-likeness (QED) is 0.113. The number of amides is 4. The molecular weight excluding hydrogens is 889 g/mol. The number of piperidine rings is 1. The van der Waals surface area contributed by atoms with Gasteiger partial charge in [-0.15, -0.1) is 0 Å². The van der Waals surface area contributed by atoms with Gasteiger partial charge in [0.15, 0.2) is 0 Å². The van der Waals surface area contributed by atoms with Gasteiger partial charge >= 0.3 is 5.97 Å². The lowest BCUT2D eigenvalue weighted by molar-refractivity contribution is -0.155. The molecule has 0 aliphatic carbocycles. The van der Waals surface area contributed by atoms with Gasteiger partial charge in [-0.05, 0) is 123 Å². The lowest BCUT2D eigenvalue weighted by Gasteiger charge is -2.41. The molecule has 0 saturated carbocycles. The SMILES string of the molecule is CCn1c(-c2cccnc2[C@H](C)OC)c2c3cc(ccc31)-c1cc(O)cc(c1)C[C@H](NC(=O)C(C(C)C)N(C)C(=O)C1C[C@H]3CC[C@@H](C1)N3C(=O)[C@H]1CN1)C(=O)N1CCC[C@H](N1)C(=O)OCC(C)(C)C2. The molecule has 4 fully saturated rings. The number of hydrogen-bond donors (Lipinski definition) is 4. The van der Waals surface area contributed by atoms with Crippen molar-refractivity contribution in [2.45, 2.75) is 142 Å². The van der Waals surface area contributed by atoms with Gasteiger partial charge in [0.25, 0.3) is 5.91 Å². The number of likely N-dealkylation sites (N-methyl/N-ethyl adjacent to an activating group) is 1. The highest BCUT2D eigenvalue weighted by Gasteiger charge is 2.49. The number of aryl methyl sites for hydroxylation is 1. The number of rotatable bonds is 10. The van der Waals surface area contributed by atoms with E-state index in [1.807, 2.05) is 43.9 Å². The van der Waals surface area contributed by atoms with Crippen molar-refractivity contribution in [3.63, 3.8) is 0 Å². The third-order valence-corrected chi connectivity index (χ3v) is 15.4. The Kier molecular flexibility index (Phi) is 13.9. The van der Waals surface area contributed by atoms with Crippen molar-refractivity contribution in [3.05, 3.63) is 71.5 Å². The molecule has 7 heterocycles. The van der Waals surface area contributed by atoms with Crippen molar-refractivity contribution in [2.75, 3.05) is 33.9 Å². The van der Waals surface area contributed by atoms with E-state index in [0.29, 0.717) is 50.8 Å². The number of cyclic esters (lactones) is 1. The first-order valence-corrected chi connectivity index (χ1v) is 25.3. The number of ether oxygens (including phenoxy) is 2. The van der Waals surface area contributed by atoms with Crippen LogP contribution in [0.1, 0.15) is 103 Å². The van der Waals surface area contributed by atoms with Crippen LogP contribution in [0.3, 0.4) is 0 Å². The standard InChI is InChI=1S/C54H70N8O8/c1-9-60-45-17-14-33-26-40(45)41(48(60)39-12-10-18-55-46(39)31(4)69-8)27-54(5,6)29-70-53(68)42-13-11-19-61(58-42)51(66)43(22-32-20-34(33)25-38(63)21-32)57-49(64)47(30(2)3)59(7)50(65)35-23-36-15-16-37(24-35)62(36)52(67)44-28-56-44/h10,12,14,17-18,20-21,25-26,30-31,35-37,42-44,47,56,58,63H,9,11,13,15-16,19,22-24,27-29H2,1-8H3,(H,57,64)/t31-,35?,36-,37+,42-,43-,44+,47?/m0/s1. The molecule has 374 valence electrons. The van der Waals surface area contributed by atoms with Crippen LogP contribution < -0.4 is 16.1 Å². The number of nitrogens with zero attached hydrogens (tertiary/aromatic N) is 5. The highest BCUT2D eigenvalue weighted by Crippen LogP contribution is 2.43. The molecule has 8 bridgehead atoms. The first-order valence-electron chi connectivity index (χ1n) is 25.3. The van der Waals surface area contributed by atoms with E-state index >= 15 is 0 Å². The molecule has 16 heteroatoms. The third-order valence-electron chi connectivity index (χ3n) is 15.4. The summed E-state index contributed by atoms with van der Waals surface area (Å²) in [5, 5.41) is 20.0. The van der Waals surface area contributed by atoms with E-state index in [0.717, 1.165) is 57.4 Å². The number of methoxy groups -OCH3 is 1. The molecule has 9 rings (SSSR count). The number of pyridine rings is 1. The summed E-state index contributed by atoms with van der Waals surface area (Å²) >= 11 is 0. The number of carbonyl (C=O) groups excluding carboxylic acids is 5. The maximum atomic E-state index is 14.8. The molecule has 16 nitrogen and oxygen atoms in total. The average Bonchev–Trinajstić information content (AvgIpc) is 4.11. The predicted molar refractivity (Wildman–Crippen MR) is 265 cm³/mol. The summed E-state index contributed by atoms with van der Waals surface area (Å²) in [5.74, 6) is -2.10. The maximum absolute atomic E-state index is 14.8. The van der Waals surface area contributed by atoms with Gasteiger partial charge in [-0.1, -0.05) is 39.8 Å². The van der Waals surface area contributed by atoms with Gasteiger partial charge in [0.05, 0.1) is 30.1 Å². The smallest absolute Gasteiger partial charge is 0.324 e. The number of phenolic OH excluding ortho intramolecular Hbond substituents is 1. The summed E-state index contributed by atoms with van der Waals surface area (Å²) < 4.78 is 14.3. The van der Waals surface area contributed by atoms with Crippen LogP contribution in [0.2, 0.25) is 0 Å². The Morgan fingerprint density at radius 2 is 1.77 bits per heavy atom. The van der Waals surface area contributed by atoms with Crippen molar-refractivity contribution in [1.82, 2.24) is 40.4 Å². The highest BCUT2D eigenvalue weighted by molar-refractivity contribution is 5.96. The zero-order valence-electron chi connectivity index (χ0n) is 41.9. The van der Waals surface area contributed by atoms with E-state index in [1.165, 1.54) is 9.91 Å². The molecule has 2 aromatic heterocycles. The fourth-order valence-corrected chi connectivity index (χ4v) is 11.8. The molecule has 2 unspecified atom stereocenters. The number of aromatic hydroxyl groups is 1. The number of fused-ring (bicyclic) bond motifs is 8. The first kappa shape index (κ1) is 49.2. The van der Waals surface area contributed by atoms with E-state index in [2.05, 4.69) is 59.6 Å². The number of nitrogens with one attached hydrogen (secondary N) is 3. The average molecular weight is 959 g/mol. The minimum Gasteiger partial charge on any atom is -0.508 e. The Bertz CT molecular complexity index is 2660. The topological polar surface area (TPSA) is 198 Å². The second-order valence-corrected chi connectivity index (χ2v) is 21.4. The maximum Gasteiger partial charge on any atom is 0.324 e. The molecule has 4 N–H and O–H groups in total. The second kappa shape index (κ2) is 19.7. The number of phenols is 1. The normalized spacial score (nSPS) is 25.3. The van der Waals surface area contributed by atoms with Crippen molar-refractivity contribution in [1.29, 1.82) is 0 Å². The van der Waals surface area contributed by atoms with Crippen LogP contribution in [0, 0.1) is 17.3 Å². The summed E-state index contributed by atoms with van der Waals surface area (Å²) in [6, 6.07) is 12.5. The Labute approximate surface area is 410 Å². The molecule has 5 aliphatic rings. The highest BCUT2D eigenvalue weighted by atomic mass is 16.5. The molecule has 0 radical (unpaired) electrons. The molecule has 8 atom stereocenters. The van der Waals surface area contributed by atoms with Gasteiger partial charge in [-0.2, -0.15) is 0 Å². The minimum atomic E-state index is -1.15. The van der Waals surface area contributed by atoms with Crippen LogP contribution in [-0.4, -0.2) is 129 Å². The van der Waals surface area contributed by atoms with E-state index in [4.69, 9.17) is 14.5 Å². The Morgan fingerprint density at radius 3 is 2.46 bits per heavy atom. The molecular formula is C54H70N8O8. The van der Waals surface area contributed by atoms with Gasteiger partial charge in [-0.3, -0.25) is 34.0 Å². The summed E-state index contributed by atoms with van der Waals surface area (Å²) in [5.41, 5.74) is 9.64. The second-order valence-electron chi connectivity index (χ2n) is 21.4. The van der Waals surface area contributed by atoms with Gasteiger partial charge in [0.1, 0.15) is 23.9 Å². The molecule has 0 spiro atoms. The van der Waals surface area contributed by atoms with Crippen molar-refractivity contribution in [2.24, 2.45) is 17.3 Å². The van der Waals surface area contributed by atoms with Crippen LogP contribution in [0.5, 0.6) is 5.75 Å². The van der Waals surface area contributed by atoms with Crippen LogP contribution >= 0.6 is 0 Å². The van der Waals surface area contributed by atoms with Crippen LogP contribution in [0.4, 0.5) is 0 Å². The van der Waals surface area contributed by atoms with Crippen molar-refractivity contribution >= 4 is 40.5 Å². The van der Waals surface area contributed by atoms with E-state index < -0.39 is 41.3 Å². The fourth-order valence-electron chi connectivity index (χ4n) is 11.8. The van der Waals surface area contributed by atoms with E-state index in [-0.39, 0.29) is 73.2 Å². The molecule has 70 heavy (non-hydrogen) atoms.